The summed E-state index contributed by atoms with van der Waals surface area (Å²) in [7, 11) is 0. The van der Waals surface area contributed by atoms with Crippen molar-refractivity contribution in [3.8, 4) is 0 Å². The zero-order chi connectivity index (χ0) is 16.1. The van der Waals surface area contributed by atoms with Crippen LogP contribution in [0, 0.1) is 0 Å². The molecule has 3 rings (SSSR count). The molecule has 1 aromatic heterocycles. The molecule has 116 valence electrons. The Balaban J connectivity index is 1.56. The van der Waals surface area contributed by atoms with Gasteiger partial charge in [0.1, 0.15) is 11.5 Å². The number of carbonyl (C=O) groups excluding carboxylic acids is 1. The number of furan rings is 1. The van der Waals surface area contributed by atoms with Gasteiger partial charge >= 0.3 is 0 Å². The van der Waals surface area contributed by atoms with Crippen molar-refractivity contribution >= 4 is 28.1 Å². The Bertz CT molecular complexity index is 838. The van der Waals surface area contributed by atoms with E-state index in [1.54, 1.807) is 25.3 Å². The quantitative estimate of drug-likeness (QED) is 0.561. The molecule has 0 atom stereocenters. The Morgan fingerprint density at radius 3 is 2.70 bits per heavy atom. The van der Waals surface area contributed by atoms with Crippen molar-refractivity contribution in [3.63, 3.8) is 0 Å². The van der Waals surface area contributed by atoms with Crippen LogP contribution in [0.25, 0.3) is 10.8 Å². The fourth-order valence-electron chi connectivity index (χ4n) is 2.21. The predicted octanol–water partition coefficient (Wildman–Crippen LogP) is 3.39. The first-order chi connectivity index (χ1) is 11.2. The van der Waals surface area contributed by atoms with Gasteiger partial charge in [-0.25, -0.2) is 5.43 Å². The Morgan fingerprint density at radius 1 is 1.09 bits per heavy atom. The summed E-state index contributed by atoms with van der Waals surface area (Å²) in [6, 6.07) is 17.6. The van der Waals surface area contributed by atoms with Gasteiger partial charge in [-0.2, -0.15) is 5.10 Å². The highest BCUT2D eigenvalue weighted by Crippen LogP contribution is 2.18. The van der Waals surface area contributed by atoms with E-state index in [-0.39, 0.29) is 12.5 Å². The molecule has 0 spiro atoms. The van der Waals surface area contributed by atoms with E-state index < -0.39 is 0 Å². The van der Waals surface area contributed by atoms with Crippen LogP contribution in [0.5, 0.6) is 0 Å². The summed E-state index contributed by atoms with van der Waals surface area (Å²) in [4.78, 5) is 11.8. The van der Waals surface area contributed by atoms with Crippen LogP contribution in [-0.2, 0) is 4.79 Å². The summed E-state index contributed by atoms with van der Waals surface area (Å²) in [6.45, 7) is 1.92. The lowest BCUT2D eigenvalue weighted by atomic mass is 10.1. The third-order valence-electron chi connectivity index (χ3n) is 3.43. The molecule has 0 fully saturated rings. The molecular weight excluding hydrogens is 290 g/mol. The van der Waals surface area contributed by atoms with Gasteiger partial charge < -0.3 is 9.73 Å². The molecule has 1 amide bonds. The summed E-state index contributed by atoms with van der Waals surface area (Å²) in [5.74, 6) is 0.414. The lowest BCUT2D eigenvalue weighted by Crippen LogP contribution is -2.26. The molecule has 5 nitrogen and oxygen atoms in total. The highest BCUT2D eigenvalue weighted by molar-refractivity contribution is 5.97. The minimum absolute atomic E-state index is 0.146. The van der Waals surface area contributed by atoms with E-state index in [0.29, 0.717) is 11.5 Å². The van der Waals surface area contributed by atoms with Gasteiger partial charge in [-0.05, 0) is 42.0 Å². The summed E-state index contributed by atoms with van der Waals surface area (Å²) < 4.78 is 5.20. The van der Waals surface area contributed by atoms with Crippen LogP contribution in [0.4, 0.5) is 5.69 Å². The molecule has 0 aliphatic heterocycles. The van der Waals surface area contributed by atoms with Gasteiger partial charge in [0, 0.05) is 5.69 Å². The number of hydrazone groups is 1. The van der Waals surface area contributed by atoms with Crippen LogP contribution in [0.15, 0.2) is 70.4 Å². The molecule has 3 aromatic rings. The molecule has 0 bridgehead atoms. The molecule has 2 aromatic carbocycles. The van der Waals surface area contributed by atoms with Crippen LogP contribution in [0.1, 0.15) is 12.7 Å². The number of nitrogens with zero attached hydrogens (tertiary/aromatic N) is 1. The molecule has 23 heavy (non-hydrogen) atoms. The molecule has 2 N–H and O–H groups in total. The largest absolute Gasteiger partial charge is 0.463 e. The minimum Gasteiger partial charge on any atom is -0.463 e. The highest BCUT2D eigenvalue weighted by atomic mass is 16.3. The van der Waals surface area contributed by atoms with E-state index in [1.807, 2.05) is 36.4 Å². The first-order valence-electron chi connectivity index (χ1n) is 7.32. The van der Waals surface area contributed by atoms with E-state index in [0.717, 1.165) is 11.1 Å². The van der Waals surface area contributed by atoms with Gasteiger partial charge in [-0.3, -0.25) is 4.79 Å². The van der Waals surface area contributed by atoms with E-state index in [9.17, 15) is 4.79 Å². The SMILES string of the molecule is CC(=NNC(=O)CNc1ccc2ccccc2c1)c1ccco1. The molecule has 0 aliphatic rings. The van der Waals surface area contributed by atoms with Crippen molar-refractivity contribution < 1.29 is 9.21 Å². The molecule has 1 heterocycles. The Kier molecular flexibility index (Phi) is 4.38. The standard InChI is InChI=1S/C18H17N3O2/c1-13(17-7-4-10-23-17)20-21-18(22)12-19-16-9-8-14-5-2-3-6-15(14)11-16/h2-11,19H,12H2,1H3,(H,21,22). The van der Waals surface area contributed by atoms with Crippen LogP contribution in [0.3, 0.4) is 0 Å². The number of hydrogen-bond donors (Lipinski definition) is 2. The van der Waals surface area contributed by atoms with Crippen molar-refractivity contribution in [2.45, 2.75) is 6.92 Å². The van der Waals surface area contributed by atoms with Crippen molar-refractivity contribution in [2.75, 3.05) is 11.9 Å². The summed E-state index contributed by atoms with van der Waals surface area (Å²) >= 11 is 0. The van der Waals surface area contributed by atoms with Gasteiger partial charge in [-0.15, -0.1) is 0 Å². The van der Waals surface area contributed by atoms with E-state index in [1.165, 1.54) is 5.39 Å². The highest BCUT2D eigenvalue weighted by Gasteiger charge is 2.03. The lowest BCUT2D eigenvalue weighted by Gasteiger charge is -2.07. The number of amides is 1. The normalized spacial score (nSPS) is 11.4. The Labute approximate surface area is 134 Å². The molecule has 0 saturated carbocycles. The topological polar surface area (TPSA) is 66.6 Å². The zero-order valence-electron chi connectivity index (χ0n) is 12.7. The number of fused-ring (bicyclic) bond motifs is 1. The number of hydrogen-bond acceptors (Lipinski definition) is 4. The third kappa shape index (κ3) is 3.77. The maximum atomic E-state index is 11.8. The monoisotopic (exact) mass is 307 g/mol. The van der Waals surface area contributed by atoms with Crippen LogP contribution >= 0.6 is 0 Å². The van der Waals surface area contributed by atoms with Crippen LogP contribution < -0.4 is 10.7 Å². The summed E-state index contributed by atoms with van der Waals surface area (Å²) in [6.07, 6.45) is 1.57. The van der Waals surface area contributed by atoms with Gasteiger partial charge in [-0.1, -0.05) is 30.3 Å². The smallest absolute Gasteiger partial charge is 0.259 e. The maximum absolute atomic E-state index is 11.8. The van der Waals surface area contributed by atoms with Crippen molar-refractivity contribution in [3.05, 3.63) is 66.6 Å². The van der Waals surface area contributed by atoms with Crippen LogP contribution in [0.2, 0.25) is 0 Å². The number of anilines is 1. The first-order valence-corrected chi connectivity index (χ1v) is 7.32. The molecule has 0 unspecified atom stereocenters. The van der Waals surface area contributed by atoms with Crippen molar-refractivity contribution in [1.29, 1.82) is 0 Å². The van der Waals surface area contributed by atoms with Gasteiger partial charge in [0.05, 0.1) is 12.8 Å². The maximum Gasteiger partial charge on any atom is 0.259 e. The zero-order valence-corrected chi connectivity index (χ0v) is 12.7. The number of nitrogens with one attached hydrogen (secondary N) is 2. The lowest BCUT2D eigenvalue weighted by molar-refractivity contribution is -0.119. The fraction of sp³-hybridized carbons (Fsp3) is 0.111. The average molecular weight is 307 g/mol. The second kappa shape index (κ2) is 6.79. The minimum atomic E-state index is -0.218. The van der Waals surface area contributed by atoms with E-state index >= 15 is 0 Å². The molecule has 0 saturated heterocycles. The first kappa shape index (κ1) is 14.8. The predicted molar refractivity (Wildman–Crippen MR) is 91.5 cm³/mol. The molecule has 0 radical (unpaired) electrons. The number of rotatable bonds is 5. The molecular formula is C18H17N3O2. The second-order valence-corrected chi connectivity index (χ2v) is 5.12. The number of carbonyl (C=O) groups is 1. The van der Waals surface area contributed by atoms with Crippen molar-refractivity contribution in [1.82, 2.24) is 5.43 Å². The molecule has 5 heteroatoms. The number of benzene rings is 2. The van der Waals surface area contributed by atoms with Crippen molar-refractivity contribution in [2.24, 2.45) is 5.10 Å². The third-order valence-corrected chi connectivity index (χ3v) is 3.43. The summed E-state index contributed by atoms with van der Waals surface area (Å²) in [5.41, 5.74) is 4.02. The summed E-state index contributed by atoms with van der Waals surface area (Å²) in [5, 5.41) is 9.40. The second-order valence-electron chi connectivity index (χ2n) is 5.12. The van der Waals surface area contributed by atoms with Gasteiger partial charge in [0.2, 0.25) is 0 Å². The average Bonchev–Trinajstić information content (AvgIpc) is 3.12. The van der Waals surface area contributed by atoms with E-state index in [2.05, 4.69) is 21.9 Å². The van der Waals surface area contributed by atoms with Crippen LogP contribution in [-0.4, -0.2) is 18.2 Å². The Hall–Kier alpha value is -3.08. The Morgan fingerprint density at radius 2 is 1.91 bits per heavy atom. The van der Waals surface area contributed by atoms with Gasteiger partial charge in [0.15, 0.2) is 0 Å². The fourth-order valence-corrected chi connectivity index (χ4v) is 2.21. The molecule has 0 aliphatic carbocycles. The van der Waals surface area contributed by atoms with E-state index in [4.69, 9.17) is 4.42 Å². The van der Waals surface area contributed by atoms with Gasteiger partial charge in [0.25, 0.3) is 5.91 Å².